The van der Waals surface area contributed by atoms with E-state index in [9.17, 15) is 4.79 Å². The van der Waals surface area contributed by atoms with Crippen molar-refractivity contribution in [2.75, 3.05) is 26.1 Å². The van der Waals surface area contributed by atoms with Crippen LogP contribution in [0.3, 0.4) is 0 Å². The molecule has 3 rings (SSSR count). The molecule has 0 saturated carbocycles. The Morgan fingerprint density at radius 3 is 2.35 bits per heavy atom. The van der Waals surface area contributed by atoms with E-state index in [1.165, 1.54) is 0 Å². The van der Waals surface area contributed by atoms with Crippen molar-refractivity contribution >= 4 is 11.6 Å². The smallest absolute Gasteiger partial charge is 0.246 e. The molecule has 0 aliphatic rings. The zero-order valence-electron chi connectivity index (χ0n) is 18.6. The average Bonchev–Trinajstić information content (AvgIpc) is 2.79. The molecule has 31 heavy (non-hydrogen) atoms. The van der Waals surface area contributed by atoms with Crippen LogP contribution in [0.25, 0.3) is 0 Å². The third-order valence-corrected chi connectivity index (χ3v) is 5.26. The molecule has 0 radical (unpaired) electrons. The number of hydrogen-bond donors (Lipinski definition) is 2. The van der Waals surface area contributed by atoms with Gasteiger partial charge in [-0.05, 0) is 60.7 Å². The number of carbonyl (C=O) groups excluding carboxylic acids is 1. The van der Waals surface area contributed by atoms with Gasteiger partial charge in [0, 0.05) is 12.2 Å². The first-order chi connectivity index (χ1) is 15.0. The highest BCUT2D eigenvalue weighted by Gasteiger charge is 2.20. The third kappa shape index (κ3) is 5.86. The molecule has 0 spiro atoms. The lowest BCUT2D eigenvalue weighted by Gasteiger charge is -2.20. The van der Waals surface area contributed by atoms with Crippen molar-refractivity contribution in [1.82, 2.24) is 5.32 Å². The fraction of sp³-hybridized carbons (Fsp3) is 0.269. The highest BCUT2D eigenvalue weighted by molar-refractivity contribution is 5.96. The largest absolute Gasteiger partial charge is 0.493 e. The molecule has 3 aromatic rings. The minimum atomic E-state index is -0.457. The number of nitrogens with one attached hydrogen (secondary N) is 2. The van der Waals surface area contributed by atoms with Crippen LogP contribution < -0.4 is 20.1 Å². The van der Waals surface area contributed by atoms with Gasteiger partial charge in [0.2, 0.25) is 5.91 Å². The van der Waals surface area contributed by atoms with Gasteiger partial charge >= 0.3 is 0 Å². The molecule has 1 atom stereocenters. The van der Waals surface area contributed by atoms with Gasteiger partial charge in [0.25, 0.3) is 0 Å². The standard InChI is InChI=1S/C26H30N2O3/c1-18-10-11-19(2)22(16-18)28-26(29)25(21-8-6-5-7-9-21)27-15-14-20-12-13-23(30-3)24(17-20)31-4/h5-13,16-17,25,27H,14-15H2,1-4H3,(H,28,29)/t25-/m1/s1. The molecule has 0 saturated heterocycles. The van der Waals surface area contributed by atoms with Crippen LogP contribution in [0.2, 0.25) is 0 Å². The number of methoxy groups -OCH3 is 2. The second kappa shape index (κ2) is 10.6. The molecule has 3 aromatic carbocycles. The fourth-order valence-electron chi connectivity index (χ4n) is 3.48. The molecule has 1 amide bonds. The minimum Gasteiger partial charge on any atom is -0.493 e. The summed E-state index contributed by atoms with van der Waals surface area (Å²) in [5.41, 5.74) is 5.02. The number of aryl methyl sites for hydroxylation is 2. The number of amides is 1. The van der Waals surface area contributed by atoms with E-state index in [1.807, 2.05) is 80.6 Å². The van der Waals surface area contributed by atoms with Gasteiger partial charge in [-0.25, -0.2) is 0 Å². The fourth-order valence-corrected chi connectivity index (χ4v) is 3.48. The Kier molecular flexibility index (Phi) is 7.68. The molecule has 0 aliphatic carbocycles. The highest BCUT2D eigenvalue weighted by Crippen LogP contribution is 2.27. The number of benzene rings is 3. The molecule has 0 fully saturated rings. The lowest BCUT2D eigenvalue weighted by atomic mass is 10.0. The molecule has 0 bridgehead atoms. The van der Waals surface area contributed by atoms with Crippen molar-refractivity contribution in [1.29, 1.82) is 0 Å². The summed E-state index contributed by atoms with van der Waals surface area (Å²) < 4.78 is 10.7. The van der Waals surface area contributed by atoms with Gasteiger partial charge in [0.05, 0.1) is 14.2 Å². The van der Waals surface area contributed by atoms with Crippen molar-refractivity contribution in [3.05, 3.63) is 89.0 Å². The zero-order chi connectivity index (χ0) is 22.2. The molecule has 5 heteroatoms. The summed E-state index contributed by atoms with van der Waals surface area (Å²) in [6.45, 7) is 4.65. The molecule has 162 valence electrons. The van der Waals surface area contributed by atoms with Crippen LogP contribution in [0.15, 0.2) is 66.7 Å². The molecule has 0 aromatic heterocycles. The van der Waals surface area contributed by atoms with Crippen molar-refractivity contribution in [3.63, 3.8) is 0 Å². The first-order valence-corrected chi connectivity index (χ1v) is 10.4. The zero-order valence-corrected chi connectivity index (χ0v) is 18.6. The normalized spacial score (nSPS) is 11.6. The van der Waals surface area contributed by atoms with E-state index in [0.29, 0.717) is 18.0 Å². The van der Waals surface area contributed by atoms with Gasteiger partial charge in [-0.15, -0.1) is 0 Å². The van der Waals surface area contributed by atoms with Crippen molar-refractivity contribution < 1.29 is 14.3 Å². The first kappa shape index (κ1) is 22.4. The van der Waals surface area contributed by atoms with Crippen LogP contribution in [0, 0.1) is 13.8 Å². The van der Waals surface area contributed by atoms with Crippen LogP contribution in [-0.4, -0.2) is 26.7 Å². The van der Waals surface area contributed by atoms with Crippen LogP contribution in [0.4, 0.5) is 5.69 Å². The van der Waals surface area contributed by atoms with Crippen LogP contribution in [0.1, 0.15) is 28.3 Å². The number of hydrogen-bond acceptors (Lipinski definition) is 4. The molecule has 0 heterocycles. The average molecular weight is 419 g/mol. The minimum absolute atomic E-state index is 0.0767. The van der Waals surface area contributed by atoms with E-state index in [1.54, 1.807) is 14.2 Å². The molecule has 2 N–H and O–H groups in total. The second-order valence-electron chi connectivity index (χ2n) is 7.54. The van der Waals surface area contributed by atoms with Gasteiger partial charge in [-0.2, -0.15) is 0 Å². The lowest BCUT2D eigenvalue weighted by Crippen LogP contribution is -2.34. The van der Waals surface area contributed by atoms with E-state index < -0.39 is 6.04 Å². The van der Waals surface area contributed by atoms with E-state index in [-0.39, 0.29) is 5.91 Å². The van der Waals surface area contributed by atoms with Crippen molar-refractivity contribution in [2.45, 2.75) is 26.3 Å². The topological polar surface area (TPSA) is 59.6 Å². The number of anilines is 1. The molecular formula is C26H30N2O3. The highest BCUT2D eigenvalue weighted by atomic mass is 16.5. The summed E-state index contributed by atoms with van der Waals surface area (Å²) in [6.07, 6.45) is 0.750. The summed E-state index contributed by atoms with van der Waals surface area (Å²) >= 11 is 0. The Morgan fingerprint density at radius 1 is 0.903 bits per heavy atom. The Labute approximate surface area is 184 Å². The molecule has 0 aliphatic heterocycles. The Balaban J connectivity index is 1.73. The summed E-state index contributed by atoms with van der Waals surface area (Å²) in [5, 5.41) is 6.51. The Bertz CT molecular complexity index is 1020. The summed E-state index contributed by atoms with van der Waals surface area (Å²) in [6, 6.07) is 21.3. The van der Waals surface area contributed by atoms with Gasteiger partial charge in [0.15, 0.2) is 11.5 Å². The summed E-state index contributed by atoms with van der Waals surface area (Å²) in [7, 11) is 3.25. The Hall–Kier alpha value is -3.31. The molecular weight excluding hydrogens is 388 g/mol. The summed E-state index contributed by atoms with van der Waals surface area (Å²) in [5.74, 6) is 1.33. The number of carbonyl (C=O) groups is 1. The van der Waals surface area contributed by atoms with Gasteiger partial charge in [-0.3, -0.25) is 4.79 Å². The van der Waals surface area contributed by atoms with E-state index in [4.69, 9.17) is 9.47 Å². The maximum absolute atomic E-state index is 13.2. The quantitative estimate of drug-likeness (QED) is 0.522. The monoisotopic (exact) mass is 418 g/mol. The van der Waals surface area contributed by atoms with E-state index in [2.05, 4.69) is 10.6 Å². The van der Waals surface area contributed by atoms with E-state index >= 15 is 0 Å². The maximum Gasteiger partial charge on any atom is 0.246 e. The molecule has 5 nitrogen and oxygen atoms in total. The summed E-state index contributed by atoms with van der Waals surface area (Å²) in [4.78, 5) is 13.2. The predicted octanol–water partition coefficient (Wildman–Crippen LogP) is 4.83. The first-order valence-electron chi connectivity index (χ1n) is 10.4. The maximum atomic E-state index is 13.2. The second-order valence-corrected chi connectivity index (χ2v) is 7.54. The van der Waals surface area contributed by atoms with Gasteiger partial charge in [0.1, 0.15) is 6.04 Å². The third-order valence-electron chi connectivity index (χ3n) is 5.26. The lowest BCUT2D eigenvalue weighted by molar-refractivity contribution is -0.118. The van der Waals surface area contributed by atoms with Crippen LogP contribution in [0.5, 0.6) is 11.5 Å². The van der Waals surface area contributed by atoms with Crippen LogP contribution in [-0.2, 0) is 11.2 Å². The van der Waals surface area contributed by atoms with Crippen molar-refractivity contribution in [3.8, 4) is 11.5 Å². The van der Waals surface area contributed by atoms with Gasteiger partial charge in [-0.1, -0.05) is 48.5 Å². The molecule has 0 unspecified atom stereocenters. The number of ether oxygens (including phenoxy) is 2. The Morgan fingerprint density at radius 2 is 1.65 bits per heavy atom. The van der Waals surface area contributed by atoms with Crippen molar-refractivity contribution in [2.24, 2.45) is 0 Å². The predicted molar refractivity (Wildman–Crippen MR) is 125 cm³/mol. The SMILES string of the molecule is COc1ccc(CCN[C@@H](C(=O)Nc2cc(C)ccc2C)c2ccccc2)cc1OC. The number of rotatable bonds is 9. The van der Waals surface area contributed by atoms with Crippen LogP contribution >= 0.6 is 0 Å². The van der Waals surface area contributed by atoms with Gasteiger partial charge < -0.3 is 20.1 Å². The van der Waals surface area contributed by atoms with E-state index in [0.717, 1.165) is 34.4 Å².